The molecule has 22 heavy (non-hydrogen) atoms. The lowest BCUT2D eigenvalue weighted by Gasteiger charge is -2.26. The van der Waals surface area contributed by atoms with Crippen molar-refractivity contribution in [3.05, 3.63) is 29.1 Å². The van der Waals surface area contributed by atoms with Crippen LogP contribution < -0.4 is 10.5 Å². The first kappa shape index (κ1) is 16.2. The molecule has 0 radical (unpaired) electrons. The zero-order valence-electron chi connectivity index (χ0n) is 11.9. The van der Waals surface area contributed by atoms with Crippen LogP contribution in [0.5, 0.6) is 5.75 Å². The smallest absolute Gasteiger partial charge is 0.339 e. The number of hydrogen-bond acceptors (Lipinski definition) is 5. The molecule has 8 heteroatoms. The Hall–Kier alpha value is -2.19. The molecular formula is C14H17FN2O5. The average molecular weight is 312 g/mol. The highest BCUT2D eigenvalue weighted by Gasteiger charge is 2.23. The van der Waals surface area contributed by atoms with Crippen molar-refractivity contribution in [1.29, 1.82) is 0 Å². The second kappa shape index (κ2) is 7.19. The van der Waals surface area contributed by atoms with E-state index in [4.69, 9.17) is 20.3 Å². The first-order valence-corrected chi connectivity index (χ1v) is 6.79. The Labute approximate surface area is 126 Å². The van der Waals surface area contributed by atoms with Gasteiger partial charge >= 0.3 is 5.97 Å². The maximum atomic E-state index is 14.2. The van der Waals surface area contributed by atoms with Gasteiger partial charge in [0.1, 0.15) is 12.2 Å². The number of rotatable bonds is 6. The first-order chi connectivity index (χ1) is 10.5. The Kier molecular flexibility index (Phi) is 5.29. The van der Waals surface area contributed by atoms with E-state index in [9.17, 15) is 14.0 Å². The van der Waals surface area contributed by atoms with Crippen LogP contribution in [0.3, 0.4) is 0 Å². The second-order valence-electron chi connectivity index (χ2n) is 4.77. The third-order valence-corrected chi connectivity index (χ3v) is 3.35. The molecule has 0 aliphatic carbocycles. The number of carboxylic acids is 1. The molecule has 1 heterocycles. The third-order valence-electron chi connectivity index (χ3n) is 3.35. The molecule has 0 atom stereocenters. The third kappa shape index (κ3) is 3.71. The van der Waals surface area contributed by atoms with Crippen LogP contribution >= 0.6 is 0 Å². The van der Waals surface area contributed by atoms with E-state index >= 15 is 0 Å². The molecule has 0 aromatic heterocycles. The zero-order chi connectivity index (χ0) is 16.1. The van der Waals surface area contributed by atoms with Crippen LogP contribution in [0.15, 0.2) is 12.1 Å². The zero-order valence-corrected chi connectivity index (χ0v) is 11.9. The molecule has 0 bridgehead atoms. The topological polar surface area (TPSA) is 102 Å². The summed E-state index contributed by atoms with van der Waals surface area (Å²) < 4.78 is 24.7. The number of hydrogen-bond donors (Lipinski definition) is 2. The van der Waals surface area contributed by atoms with Gasteiger partial charge in [-0.1, -0.05) is 0 Å². The lowest BCUT2D eigenvalue weighted by molar-refractivity contribution is 0.0320. The molecule has 1 saturated heterocycles. The fourth-order valence-corrected chi connectivity index (χ4v) is 2.19. The molecule has 1 aliphatic rings. The van der Waals surface area contributed by atoms with Crippen molar-refractivity contribution >= 4 is 11.9 Å². The van der Waals surface area contributed by atoms with Crippen molar-refractivity contribution in [3.8, 4) is 5.75 Å². The molecule has 3 N–H and O–H groups in total. The monoisotopic (exact) mass is 312 g/mol. The van der Waals surface area contributed by atoms with Crippen molar-refractivity contribution in [2.24, 2.45) is 5.73 Å². The SMILES string of the molecule is NC(=O)c1ccc(OCCN2CCOCC2)c(F)c1C(=O)O. The number of morpholine rings is 1. The number of ether oxygens (including phenoxy) is 2. The number of amides is 1. The number of carboxylic acid groups (broad SMARTS) is 1. The van der Waals surface area contributed by atoms with E-state index in [1.165, 1.54) is 6.07 Å². The first-order valence-electron chi connectivity index (χ1n) is 6.79. The number of carbonyl (C=O) groups excluding carboxylic acids is 1. The predicted molar refractivity (Wildman–Crippen MR) is 74.6 cm³/mol. The van der Waals surface area contributed by atoms with Gasteiger partial charge < -0.3 is 20.3 Å². The fourth-order valence-electron chi connectivity index (χ4n) is 2.19. The van der Waals surface area contributed by atoms with Crippen molar-refractivity contribution in [1.82, 2.24) is 4.90 Å². The number of carbonyl (C=O) groups is 2. The highest BCUT2D eigenvalue weighted by molar-refractivity contribution is 6.04. The highest BCUT2D eigenvalue weighted by Crippen LogP contribution is 2.24. The minimum atomic E-state index is -1.56. The molecule has 1 aromatic rings. The van der Waals surface area contributed by atoms with E-state index in [1.54, 1.807) is 0 Å². The number of primary amides is 1. The van der Waals surface area contributed by atoms with E-state index in [2.05, 4.69) is 4.90 Å². The molecule has 120 valence electrons. The summed E-state index contributed by atoms with van der Waals surface area (Å²) in [7, 11) is 0. The standard InChI is InChI=1S/C14H17FN2O5/c15-12-10(22-8-5-17-3-6-21-7-4-17)2-1-9(13(16)18)11(12)14(19)20/h1-2H,3-8H2,(H2,16,18)(H,19,20). The predicted octanol–water partition coefficient (Wildman–Crippen LogP) is 0.334. The maximum Gasteiger partial charge on any atom is 0.339 e. The number of aromatic carboxylic acids is 1. The Balaban J connectivity index is 2.06. The molecule has 0 unspecified atom stereocenters. The summed E-state index contributed by atoms with van der Waals surface area (Å²) in [5.74, 6) is -3.87. The van der Waals surface area contributed by atoms with Crippen LogP contribution in [-0.2, 0) is 4.74 Å². The minimum absolute atomic E-state index is 0.200. The van der Waals surface area contributed by atoms with Gasteiger partial charge in [-0.25, -0.2) is 9.18 Å². The van der Waals surface area contributed by atoms with E-state index in [1.807, 2.05) is 0 Å². The summed E-state index contributed by atoms with van der Waals surface area (Å²) in [6.07, 6.45) is 0. The van der Waals surface area contributed by atoms with Gasteiger partial charge in [-0.3, -0.25) is 9.69 Å². The average Bonchev–Trinajstić information content (AvgIpc) is 2.49. The molecule has 1 aliphatic heterocycles. The summed E-state index contributed by atoms with van der Waals surface area (Å²) in [6.45, 7) is 3.60. The van der Waals surface area contributed by atoms with Crippen LogP contribution in [-0.4, -0.2) is 61.3 Å². The van der Waals surface area contributed by atoms with Gasteiger partial charge in [0.15, 0.2) is 11.6 Å². The summed E-state index contributed by atoms with van der Waals surface area (Å²) in [5.41, 5.74) is 3.89. The van der Waals surface area contributed by atoms with Crippen molar-refractivity contribution in [2.45, 2.75) is 0 Å². The van der Waals surface area contributed by atoms with E-state index < -0.39 is 23.3 Å². The molecule has 1 aromatic carbocycles. The molecule has 1 fully saturated rings. The fraction of sp³-hybridized carbons (Fsp3) is 0.429. The van der Waals surface area contributed by atoms with Crippen LogP contribution in [0.4, 0.5) is 4.39 Å². The molecule has 2 rings (SSSR count). The molecule has 7 nitrogen and oxygen atoms in total. The summed E-state index contributed by atoms with van der Waals surface area (Å²) in [6, 6.07) is 2.36. The lowest BCUT2D eigenvalue weighted by atomic mass is 10.1. The second-order valence-corrected chi connectivity index (χ2v) is 4.77. The van der Waals surface area contributed by atoms with Gasteiger partial charge in [-0.2, -0.15) is 0 Å². The molecule has 0 saturated carbocycles. The highest BCUT2D eigenvalue weighted by atomic mass is 19.1. The lowest BCUT2D eigenvalue weighted by Crippen LogP contribution is -2.38. The van der Waals surface area contributed by atoms with Gasteiger partial charge in [-0.05, 0) is 12.1 Å². The van der Waals surface area contributed by atoms with Gasteiger partial charge in [-0.15, -0.1) is 0 Å². The Morgan fingerprint density at radius 3 is 2.64 bits per heavy atom. The Morgan fingerprint density at radius 2 is 2.05 bits per heavy atom. The van der Waals surface area contributed by atoms with Crippen molar-refractivity contribution in [2.75, 3.05) is 39.5 Å². The van der Waals surface area contributed by atoms with Crippen LogP contribution in [0, 0.1) is 5.82 Å². The van der Waals surface area contributed by atoms with E-state index in [0.717, 1.165) is 19.2 Å². The quantitative estimate of drug-likeness (QED) is 0.785. The van der Waals surface area contributed by atoms with Crippen molar-refractivity contribution < 1.29 is 28.6 Å². The van der Waals surface area contributed by atoms with Gasteiger partial charge in [0.25, 0.3) is 0 Å². The summed E-state index contributed by atoms with van der Waals surface area (Å²) >= 11 is 0. The molecule has 1 amide bonds. The van der Waals surface area contributed by atoms with Crippen LogP contribution in [0.1, 0.15) is 20.7 Å². The van der Waals surface area contributed by atoms with Gasteiger partial charge in [0, 0.05) is 19.6 Å². The maximum absolute atomic E-state index is 14.2. The molecular weight excluding hydrogens is 295 g/mol. The summed E-state index contributed by atoms with van der Waals surface area (Å²) in [5, 5.41) is 9.02. The van der Waals surface area contributed by atoms with E-state index in [-0.39, 0.29) is 17.9 Å². The number of nitrogens with two attached hydrogens (primary N) is 1. The Morgan fingerprint density at radius 1 is 1.36 bits per heavy atom. The van der Waals surface area contributed by atoms with Crippen LogP contribution in [0.25, 0.3) is 0 Å². The Bertz CT molecular complexity index is 573. The van der Waals surface area contributed by atoms with Gasteiger partial charge in [0.2, 0.25) is 5.91 Å². The molecule has 0 spiro atoms. The van der Waals surface area contributed by atoms with E-state index in [0.29, 0.717) is 19.8 Å². The largest absolute Gasteiger partial charge is 0.489 e. The normalized spacial score (nSPS) is 15.5. The van der Waals surface area contributed by atoms with Gasteiger partial charge in [0.05, 0.1) is 18.8 Å². The van der Waals surface area contributed by atoms with Crippen LogP contribution in [0.2, 0.25) is 0 Å². The number of nitrogens with zero attached hydrogens (tertiary/aromatic N) is 1. The summed E-state index contributed by atoms with van der Waals surface area (Å²) in [4.78, 5) is 24.3. The minimum Gasteiger partial charge on any atom is -0.489 e. The number of benzene rings is 1. The number of halogens is 1. The van der Waals surface area contributed by atoms with Crippen molar-refractivity contribution in [3.63, 3.8) is 0 Å².